The fourth-order valence-corrected chi connectivity index (χ4v) is 1.92. The van der Waals surface area contributed by atoms with Crippen molar-refractivity contribution in [3.63, 3.8) is 0 Å². The minimum Gasteiger partial charge on any atom is -0.386 e. The Morgan fingerprint density at radius 3 is 2.68 bits per heavy atom. The van der Waals surface area contributed by atoms with Crippen molar-refractivity contribution in [3.8, 4) is 11.3 Å². The van der Waals surface area contributed by atoms with Crippen molar-refractivity contribution in [1.82, 2.24) is 9.97 Å². The lowest BCUT2D eigenvalue weighted by atomic mass is 10.1. The van der Waals surface area contributed by atoms with E-state index in [4.69, 9.17) is 17.3 Å². The maximum absolute atomic E-state index is 5.59. The Hall–Kier alpha value is -1.59. The Bertz CT molecular complexity index is 583. The lowest BCUT2D eigenvalue weighted by Gasteiger charge is -2.03. The van der Waals surface area contributed by atoms with Crippen LogP contribution < -0.4 is 5.73 Å². The molecule has 1 aromatic heterocycles. The average Bonchev–Trinajstić information content (AvgIpc) is 2.48. The second-order valence-corrected chi connectivity index (χ2v) is 4.75. The van der Waals surface area contributed by atoms with Crippen LogP contribution in [0.4, 0.5) is 5.69 Å². The van der Waals surface area contributed by atoms with Gasteiger partial charge in [0.15, 0.2) is 5.16 Å². The van der Waals surface area contributed by atoms with Gasteiger partial charge < -0.3 is 5.73 Å². The summed E-state index contributed by atoms with van der Waals surface area (Å²) in [6, 6.07) is 9.55. The second kappa shape index (κ2) is 6.54. The maximum Gasteiger partial charge on any atom is 0.187 e. The highest BCUT2D eigenvalue weighted by molar-refractivity contribution is 7.98. The Kier molecular flexibility index (Phi) is 4.76. The van der Waals surface area contributed by atoms with Crippen molar-refractivity contribution in [2.45, 2.75) is 5.16 Å². The molecule has 0 bridgehead atoms. The van der Waals surface area contributed by atoms with Crippen molar-refractivity contribution in [1.29, 1.82) is 0 Å². The zero-order valence-electron chi connectivity index (χ0n) is 10.4. The molecule has 0 radical (unpaired) electrons. The molecular formula is C13H13ClN4S. The van der Waals surface area contributed by atoms with Crippen LogP contribution in [0.5, 0.6) is 0 Å². The van der Waals surface area contributed by atoms with Gasteiger partial charge in [-0.25, -0.2) is 15.0 Å². The maximum atomic E-state index is 5.59. The Morgan fingerprint density at radius 2 is 2.05 bits per heavy atom. The fraction of sp³-hybridized carbons (Fsp3) is 0.154. The Labute approximate surface area is 121 Å². The lowest BCUT2D eigenvalue weighted by molar-refractivity contribution is 0.976. The smallest absolute Gasteiger partial charge is 0.187 e. The molecule has 0 saturated carbocycles. The largest absolute Gasteiger partial charge is 0.386 e. The summed E-state index contributed by atoms with van der Waals surface area (Å²) in [5.74, 6) is 0.631. The topological polar surface area (TPSA) is 64.2 Å². The van der Waals surface area contributed by atoms with Gasteiger partial charge in [-0.2, -0.15) is 0 Å². The first-order valence-corrected chi connectivity index (χ1v) is 7.35. The molecule has 0 amide bonds. The van der Waals surface area contributed by atoms with Gasteiger partial charge >= 0.3 is 0 Å². The number of alkyl halides is 1. The minimum atomic E-state index is 0.227. The van der Waals surface area contributed by atoms with Gasteiger partial charge in [-0.15, -0.1) is 11.6 Å². The first-order valence-electron chi connectivity index (χ1n) is 5.59. The molecule has 6 heteroatoms. The molecular weight excluding hydrogens is 280 g/mol. The van der Waals surface area contributed by atoms with Gasteiger partial charge in [0, 0.05) is 11.8 Å². The van der Waals surface area contributed by atoms with Crippen LogP contribution in [0.3, 0.4) is 0 Å². The number of aromatic nitrogens is 2. The van der Waals surface area contributed by atoms with Crippen molar-refractivity contribution in [3.05, 3.63) is 36.5 Å². The van der Waals surface area contributed by atoms with E-state index in [2.05, 4.69) is 15.0 Å². The number of halogens is 1. The SMILES string of the molecule is CSc1nccc(-c2ccc(N=C(N)CCl)cc2)n1. The van der Waals surface area contributed by atoms with Gasteiger partial charge in [0.25, 0.3) is 0 Å². The van der Waals surface area contributed by atoms with Crippen molar-refractivity contribution < 1.29 is 0 Å². The molecule has 1 heterocycles. The molecule has 2 aromatic rings. The van der Waals surface area contributed by atoms with E-state index >= 15 is 0 Å². The highest BCUT2D eigenvalue weighted by Crippen LogP contribution is 2.22. The molecule has 0 fully saturated rings. The first kappa shape index (κ1) is 13.8. The number of aliphatic imine (C=N–C) groups is 1. The number of hydrogen-bond donors (Lipinski definition) is 1. The number of hydrogen-bond acceptors (Lipinski definition) is 4. The van der Waals surface area contributed by atoms with Gasteiger partial charge in [0.05, 0.1) is 17.3 Å². The summed E-state index contributed by atoms with van der Waals surface area (Å²) in [4.78, 5) is 12.8. The number of rotatable bonds is 4. The number of benzene rings is 1. The van der Waals surface area contributed by atoms with Crippen LogP contribution in [0.25, 0.3) is 11.3 Å². The zero-order chi connectivity index (χ0) is 13.7. The zero-order valence-corrected chi connectivity index (χ0v) is 11.9. The molecule has 0 atom stereocenters. The van der Waals surface area contributed by atoms with Gasteiger partial charge in [-0.3, -0.25) is 0 Å². The Balaban J connectivity index is 2.27. The van der Waals surface area contributed by atoms with Gasteiger partial charge in [-0.1, -0.05) is 23.9 Å². The molecule has 1 aromatic carbocycles. The van der Waals surface area contributed by atoms with Crippen molar-refractivity contribution in [2.24, 2.45) is 10.7 Å². The molecule has 0 aliphatic heterocycles. The summed E-state index contributed by atoms with van der Waals surface area (Å²) < 4.78 is 0. The monoisotopic (exact) mass is 292 g/mol. The van der Waals surface area contributed by atoms with Crippen LogP contribution in [0.1, 0.15) is 0 Å². The normalized spacial score (nSPS) is 11.6. The third kappa shape index (κ3) is 3.68. The van der Waals surface area contributed by atoms with E-state index in [0.29, 0.717) is 5.84 Å². The van der Waals surface area contributed by atoms with E-state index in [9.17, 15) is 0 Å². The average molecular weight is 293 g/mol. The van der Waals surface area contributed by atoms with Crippen molar-refractivity contribution >= 4 is 34.9 Å². The van der Waals surface area contributed by atoms with E-state index < -0.39 is 0 Å². The molecule has 0 aliphatic carbocycles. The number of nitrogens with two attached hydrogens (primary N) is 1. The summed E-state index contributed by atoms with van der Waals surface area (Å²) in [5, 5.41) is 0.756. The van der Waals surface area contributed by atoms with Crippen LogP contribution in [0.2, 0.25) is 0 Å². The summed E-state index contributed by atoms with van der Waals surface area (Å²) in [6.07, 6.45) is 3.71. The molecule has 2 rings (SSSR count). The third-order valence-electron chi connectivity index (χ3n) is 2.39. The molecule has 0 aliphatic rings. The molecule has 0 unspecified atom stereocenters. The number of thioether (sulfide) groups is 1. The molecule has 98 valence electrons. The highest BCUT2D eigenvalue weighted by Gasteiger charge is 2.01. The van der Waals surface area contributed by atoms with E-state index in [0.717, 1.165) is 22.1 Å². The van der Waals surface area contributed by atoms with Crippen LogP contribution >= 0.6 is 23.4 Å². The summed E-state index contributed by atoms with van der Waals surface area (Å²) in [5.41, 5.74) is 8.27. The molecule has 2 N–H and O–H groups in total. The summed E-state index contributed by atoms with van der Waals surface area (Å²) in [7, 11) is 0. The molecule has 19 heavy (non-hydrogen) atoms. The Morgan fingerprint density at radius 1 is 1.32 bits per heavy atom. The lowest BCUT2D eigenvalue weighted by Crippen LogP contribution is -2.12. The van der Waals surface area contributed by atoms with Gasteiger partial charge in [0.1, 0.15) is 5.84 Å². The first-order chi connectivity index (χ1) is 9.22. The predicted octanol–water partition coefficient (Wildman–Crippen LogP) is 3.09. The summed E-state index contributed by atoms with van der Waals surface area (Å²) >= 11 is 7.10. The molecule has 4 nitrogen and oxygen atoms in total. The van der Waals surface area contributed by atoms with E-state index in [-0.39, 0.29) is 5.88 Å². The standard InChI is InChI=1S/C13H13ClN4S/c1-19-13-16-7-6-11(18-13)9-2-4-10(5-3-9)17-12(15)8-14/h2-7H,8H2,1H3,(H2,15,17). The highest BCUT2D eigenvalue weighted by atomic mass is 35.5. The molecule has 0 spiro atoms. The van der Waals surface area contributed by atoms with Crippen LogP contribution in [-0.2, 0) is 0 Å². The predicted molar refractivity (Wildman–Crippen MR) is 81.3 cm³/mol. The van der Waals surface area contributed by atoms with E-state index in [1.807, 2.05) is 36.6 Å². The fourth-order valence-electron chi connectivity index (χ4n) is 1.50. The van der Waals surface area contributed by atoms with Crippen LogP contribution in [0.15, 0.2) is 46.7 Å². The number of amidine groups is 1. The third-order valence-corrected chi connectivity index (χ3v) is 3.22. The van der Waals surface area contributed by atoms with E-state index in [1.165, 1.54) is 11.8 Å². The van der Waals surface area contributed by atoms with E-state index in [1.54, 1.807) is 6.20 Å². The van der Waals surface area contributed by atoms with Crippen LogP contribution in [0, 0.1) is 0 Å². The minimum absolute atomic E-state index is 0.227. The number of nitrogens with zero attached hydrogens (tertiary/aromatic N) is 3. The molecule has 0 saturated heterocycles. The van der Waals surface area contributed by atoms with Gasteiger partial charge in [-0.05, 0) is 24.5 Å². The van der Waals surface area contributed by atoms with Gasteiger partial charge in [0.2, 0.25) is 0 Å². The summed E-state index contributed by atoms with van der Waals surface area (Å²) in [6.45, 7) is 0. The van der Waals surface area contributed by atoms with Crippen molar-refractivity contribution in [2.75, 3.05) is 12.1 Å². The quantitative estimate of drug-likeness (QED) is 0.309. The van der Waals surface area contributed by atoms with Crippen LogP contribution in [-0.4, -0.2) is 27.9 Å². The second-order valence-electron chi connectivity index (χ2n) is 3.71.